The smallest absolute Gasteiger partial charge is 0.0623 e. The van der Waals surface area contributed by atoms with E-state index in [0.717, 1.165) is 24.7 Å². The Kier molecular flexibility index (Phi) is 7.33. The van der Waals surface area contributed by atoms with Crippen molar-refractivity contribution in [2.24, 2.45) is 0 Å². The second-order valence-electron chi connectivity index (χ2n) is 4.15. The summed E-state index contributed by atoms with van der Waals surface area (Å²) >= 11 is 1.97. The number of hydrogen-bond acceptors (Lipinski definition) is 3. The van der Waals surface area contributed by atoms with E-state index in [2.05, 4.69) is 43.4 Å². The standard InChI is InChI=1S/C14H23NOS/c1-4-15-14(9-16-3)11-17-10-13-8-6-5-7-12(13)2/h5-8,14-15H,4,9-11H2,1-3H3. The maximum atomic E-state index is 5.21. The van der Waals surface area contributed by atoms with Gasteiger partial charge in [-0.1, -0.05) is 31.2 Å². The minimum absolute atomic E-state index is 0.457. The van der Waals surface area contributed by atoms with Crippen LogP contribution in [0, 0.1) is 6.92 Å². The molecule has 0 aliphatic carbocycles. The van der Waals surface area contributed by atoms with E-state index in [0.29, 0.717) is 6.04 Å². The van der Waals surface area contributed by atoms with Crippen LogP contribution in [0.1, 0.15) is 18.1 Å². The highest BCUT2D eigenvalue weighted by molar-refractivity contribution is 7.98. The quantitative estimate of drug-likeness (QED) is 0.770. The molecule has 0 radical (unpaired) electrons. The van der Waals surface area contributed by atoms with Crippen LogP contribution < -0.4 is 5.32 Å². The highest BCUT2D eigenvalue weighted by atomic mass is 32.2. The third-order valence-corrected chi connectivity index (χ3v) is 3.85. The van der Waals surface area contributed by atoms with Gasteiger partial charge in [-0.25, -0.2) is 0 Å². The van der Waals surface area contributed by atoms with Crippen LogP contribution in [0.25, 0.3) is 0 Å². The van der Waals surface area contributed by atoms with Gasteiger partial charge in [0.1, 0.15) is 0 Å². The van der Waals surface area contributed by atoms with Gasteiger partial charge in [-0.05, 0) is 24.6 Å². The molecule has 0 bridgehead atoms. The molecular weight excluding hydrogens is 230 g/mol. The van der Waals surface area contributed by atoms with Crippen LogP contribution in [-0.2, 0) is 10.5 Å². The zero-order chi connectivity index (χ0) is 12.5. The van der Waals surface area contributed by atoms with Gasteiger partial charge in [0.05, 0.1) is 6.61 Å². The van der Waals surface area contributed by atoms with Gasteiger partial charge >= 0.3 is 0 Å². The third kappa shape index (κ3) is 5.57. The number of rotatable bonds is 8. The minimum Gasteiger partial charge on any atom is -0.383 e. The third-order valence-electron chi connectivity index (χ3n) is 2.70. The van der Waals surface area contributed by atoms with Crippen molar-refractivity contribution >= 4 is 11.8 Å². The summed E-state index contributed by atoms with van der Waals surface area (Å²) in [6, 6.07) is 9.04. The lowest BCUT2D eigenvalue weighted by Gasteiger charge is -2.16. The average molecular weight is 253 g/mol. The lowest BCUT2D eigenvalue weighted by atomic mass is 10.1. The van der Waals surface area contributed by atoms with Crippen LogP contribution in [0.15, 0.2) is 24.3 Å². The Labute approximate surface area is 109 Å². The van der Waals surface area contributed by atoms with E-state index in [1.54, 1.807) is 7.11 Å². The van der Waals surface area contributed by atoms with Gasteiger partial charge in [0.2, 0.25) is 0 Å². The first-order chi connectivity index (χ1) is 8.27. The highest BCUT2D eigenvalue weighted by Gasteiger charge is 2.07. The molecule has 0 saturated heterocycles. The molecule has 0 aromatic heterocycles. The van der Waals surface area contributed by atoms with Gasteiger partial charge in [0.25, 0.3) is 0 Å². The first-order valence-corrected chi connectivity index (χ1v) is 7.28. The molecule has 0 spiro atoms. The van der Waals surface area contributed by atoms with E-state index < -0.39 is 0 Å². The van der Waals surface area contributed by atoms with Gasteiger partial charge in [0, 0.05) is 24.7 Å². The van der Waals surface area contributed by atoms with E-state index in [4.69, 9.17) is 4.74 Å². The largest absolute Gasteiger partial charge is 0.383 e. The molecule has 0 saturated carbocycles. The number of benzene rings is 1. The summed E-state index contributed by atoms with van der Waals surface area (Å²) in [4.78, 5) is 0. The Bertz CT molecular complexity index is 311. The van der Waals surface area contributed by atoms with Crippen LogP contribution in [-0.4, -0.2) is 32.1 Å². The van der Waals surface area contributed by atoms with Gasteiger partial charge in [-0.15, -0.1) is 0 Å². The normalized spacial score (nSPS) is 12.6. The molecule has 0 fully saturated rings. The molecule has 0 aliphatic heterocycles. The van der Waals surface area contributed by atoms with Crippen molar-refractivity contribution in [3.63, 3.8) is 0 Å². The predicted octanol–water partition coefficient (Wildman–Crippen LogP) is 2.85. The van der Waals surface area contributed by atoms with Crippen molar-refractivity contribution < 1.29 is 4.74 Å². The van der Waals surface area contributed by atoms with Crippen molar-refractivity contribution in [1.29, 1.82) is 0 Å². The van der Waals surface area contributed by atoms with Gasteiger partial charge < -0.3 is 10.1 Å². The van der Waals surface area contributed by atoms with E-state index in [1.165, 1.54) is 11.1 Å². The maximum Gasteiger partial charge on any atom is 0.0623 e. The molecule has 0 aliphatic rings. The minimum atomic E-state index is 0.457. The Morgan fingerprint density at radius 2 is 2.12 bits per heavy atom. The van der Waals surface area contributed by atoms with Crippen LogP contribution in [0.3, 0.4) is 0 Å². The molecule has 3 heteroatoms. The van der Waals surface area contributed by atoms with Gasteiger partial charge in [-0.2, -0.15) is 11.8 Å². The number of thioether (sulfide) groups is 1. The zero-order valence-electron chi connectivity index (χ0n) is 11.0. The van der Waals surface area contributed by atoms with Crippen LogP contribution in [0.4, 0.5) is 0 Å². The Balaban J connectivity index is 2.33. The summed E-state index contributed by atoms with van der Waals surface area (Å²) in [5.41, 5.74) is 2.82. The monoisotopic (exact) mass is 253 g/mol. The molecule has 17 heavy (non-hydrogen) atoms. The first-order valence-electron chi connectivity index (χ1n) is 6.12. The second-order valence-corrected chi connectivity index (χ2v) is 5.18. The first kappa shape index (κ1) is 14.6. The van der Waals surface area contributed by atoms with Gasteiger partial charge in [-0.3, -0.25) is 0 Å². The van der Waals surface area contributed by atoms with Crippen LogP contribution in [0.5, 0.6) is 0 Å². The molecule has 1 rings (SSSR count). The molecule has 1 unspecified atom stereocenters. The number of likely N-dealkylation sites (N-methyl/N-ethyl adjacent to an activating group) is 1. The number of aryl methyl sites for hydroxylation is 1. The molecule has 0 heterocycles. The molecule has 1 aromatic carbocycles. The van der Waals surface area contributed by atoms with Crippen LogP contribution in [0.2, 0.25) is 0 Å². The van der Waals surface area contributed by atoms with E-state index in [-0.39, 0.29) is 0 Å². The molecule has 0 amide bonds. The molecule has 1 aromatic rings. The Hall–Kier alpha value is -0.510. The molecule has 1 N–H and O–H groups in total. The summed E-state index contributed by atoms with van der Waals surface area (Å²) in [5, 5.41) is 3.44. The summed E-state index contributed by atoms with van der Waals surface area (Å²) in [6.45, 7) is 6.09. The summed E-state index contributed by atoms with van der Waals surface area (Å²) in [7, 11) is 1.76. The van der Waals surface area contributed by atoms with Crippen molar-refractivity contribution in [2.75, 3.05) is 26.0 Å². The lowest BCUT2D eigenvalue weighted by Crippen LogP contribution is -2.35. The second kappa shape index (κ2) is 8.56. The van der Waals surface area contributed by atoms with Gasteiger partial charge in [0.15, 0.2) is 0 Å². The van der Waals surface area contributed by atoms with Crippen molar-refractivity contribution in [3.8, 4) is 0 Å². The lowest BCUT2D eigenvalue weighted by molar-refractivity contribution is 0.174. The van der Waals surface area contributed by atoms with E-state index in [1.807, 2.05) is 11.8 Å². The van der Waals surface area contributed by atoms with E-state index >= 15 is 0 Å². The zero-order valence-corrected chi connectivity index (χ0v) is 11.8. The number of nitrogens with one attached hydrogen (secondary N) is 1. The van der Waals surface area contributed by atoms with Crippen molar-refractivity contribution in [3.05, 3.63) is 35.4 Å². The predicted molar refractivity (Wildman–Crippen MR) is 76.7 cm³/mol. The molecule has 1 atom stereocenters. The summed E-state index contributed by atoms with van der Waals surface area (Å²) < 4.78 is 5.21. The number of hydrogen-bond donors (Lipinski definition) is 1. The fourth-order valence-corrected chi connectivity index (χ4v) is 2.90. The van der Waals surface area contributed by atoms with E-state index in [9.17, 15) is 0 Å². The molecule has 2 nitrogen and oxygen atoms in total. The number of ether oxygens (including phenoxy) is 1. The fraction of sp³-hybridized carbons (Fsp3) is 0.571. The summed E-state index contributed by atoms with van der Waals surface area (Å²) in [6.07, 6.45) is 0. The fourth-order valence-electron chi connectivity index (χ4n) is 1.74. The Morgan fingerprint density at radius 1 is 1.35 bits per heavy atom. The highest BCUT2D eigenvalue weighted by Crippen LogP contribution is 2.16. The topological polar surface area (TPSA) is 21.3 Å². The number of methoxy groups -OCH3 is 1. The molecule has 96 valence electrons. The molecular formula is C14H23NOS. The summed E-state index contributed by atoms with van der Waals surface area (Å²) in [5.74, 6) is 2.17. The van der Waals surface area contributed by atoms with Crippen molar-refractivity contribution in [1.82, 2.24) is 5.32 Å². The van der Waals surface area contributed by atoms with Crippen LogP contribution >= 0.6 is 11.8 Å². The Morgan fingerprint density at radius 3 is 2.76 bits per heavy atom. The maximum absolute atomic E-state index is 5.21. The van der Waals surface area contributed by atoms with Crippen molar-refractivity contribution in [2.45, 2.75) is 25.6 Å². The SMILES string of the molecule is CCNC(COC)CSCc1ccccc1C. The average Bonchev–Trinajstić information content (AvgIpc) is 2.32.